The second-order valence-corrected chi connectivity index (χ2v) is 4.34. The summed E-state index contributed by atoms with van der Waals surface area (Å²) in [6.07, 6.45) is 5.58. The first-order chi connectivity index (χ1) is 7.27. The van der Waals surface area contributed by atoms with Crippen LogP contribution in [0, 0.1) is 0 Å². The Morgan fingerprint density at radius 2 is 2.40 bits per heavy atom. The summed E-state index contributed by atoms with van der Waals surface area (Å²) in [5.41, 5.74) is 0. The molecular formula is C10H17N3OS. The van der Waals surface area contributed by atoms with Crippen LogP contribution in [-0.4, -0.2) is 32.6 Å². The van der Waals surface area contributed by atoms with Gasteiger partial charge in [0.2, 0.25) is 0 Å². The van der Waals surface area contributed by atoms with Gasteiger partial charge in [-0.25, -0.2) is 9.67 Å². The number of nitrogens with zero attached hydrogens (tertiary/aromatic N) is 3. The molecule has 15 heavy (non-hydrogen) atoms. The van der Waals surface area contributed by atoms with Crippen LogP contribution < -0.4 is 0 Å². The molecule has 0 saturated heterocycles. The van der Waals surface area contributed by atoms with Crippen molar-refractivity contribution in [3.63, 3.8) is 0 Å². The number of ketones is 1. The van der Waals surface area contributed by atoms with Gasteiger partial charge in [0.1, 0.15) is 17.9 Å². The second kappa shape index (κ2) is 6.61. The van der Waals surface area contributed by atoms with Crippen LogP contribution in [0.3, 0.4) is 0 Å². The molecule has 1 heterocycles. The van der Waals surface area contributed by atoms with Gasteiger partial charge in [0.05, 0.1) is 6.42 Å². The number of carbonyl (C=O) groups is 1. The van der Waals surface area contributed by atoms with Gasteiger partial charge in [-0.2, -0.15) is 16.9 Å². The molecule has 0 aromatic carbocycles. The zero-order chi connectivity index (χ0) is 11.1. The predicted molar refractivity (Wildman–Crippen MR) is 62.0 cm³/mol. The van der Waals surface area contributed by atoms with E-state index in [9.17, 15) is 4.79 Å². The summed E-state index contributed by atoms with van der Waals surface area (Å²) < 4.78 is 1.82. The first-order valence-corrected chi connectivity index (χ1v) is 6.54. The number of hydrogen-bond donors (Lipinski definition) is 0. The van der Waals surface area contributed by atoms with E-state index in [1.54, 1.807) is 11.8 Å². The van der Waals surface area contributed by atoms with Gasteiger partial charge in [0.25, 0.3) is 0 Å². The standard InChI is InChI=1S/C10H17N3OS/c1-3-5-13-10(11-8-12-13)7-9(14)4-6-15-2/h8H,3-7H2,1-2H3. The molecule has 0 atom stereocenters. The minimum Gasteiger partial charge on any atom is -0.299 e. The summed E-state index contributed by atoms with van der Waals surface area (Å²) in [6.45, 7) is 2.92. The van der Waals surface area contributed by atoms with Crippen molar-refractivity contribution in [1.29, 1.82) is 0 Å². The molecule has 1 aromatic heterocycles. The van der Waals surface area contributed by atoms with Crippen molar-refractivity contribution < 1.29 is 4.79 Å². The topological polar surface area (TPSA) is 47.8 Å². The van der Waals surface area contributed by atoms with Crippen LogP contribution in [-0.2, 0) is 17.8 Å². The highest BCUT2D eigenvalue weighted by Gasteiger charge is 2.09. The van der Waals surface area contributed by atoms with E-state index in [1.807, 2.05) is 10.9 Å². The normalized spacial score (nSPS) is 10.5. The third-order valence-electron chi connectivity index (χ3n) is 2.07. The second-order valence-electron chi connectivity index (χ2n) is 3.36. The predicted octanol–water partition coefficient (Wildman–Crippen LogP) is 1.55. The lowest BCUT2D eigenvalue weighted by molar-refractivity contribution is -0.118. The SMILES string of the molecule is CCCn1ncnc1CC(=O)CCSC. The fourth-order valence-electron chi connectivity index (χ4n) is 1.30. The molecule has 1 aromatic rings. The van der Waals surface area contributed by atoms with Gasteiger partial charge in [0, 0.05) is 13.0 Å². The summed E-state index contributed by atoms with van der Waals surface area (Å²) >= 11 is 1.69. The Morgan fingerprint density at radius 3 is 3.07 bits per heavy atom. The lowest BCUT2D eigenvalue weighted by Crippen LogP contribution is -2.11. The average molecular weight is 227 g/mol. The highest BCUT2D eigenvalue weighted by molar-refractivity contribution is 7.98. The van der Waals surface area contributed by atoms with Crippen LogP contribution in [0.4, 0.5) is 0 Å². The largest absolute Gasteiger partial charge is 0.299 e. The first kappa shape index (κ1) is 12.2. The van der Waals surface area contributed by atoms with E-state index in [4.69, 9.17) is 0 Å². The van der Waals surface area contributed by atoms with Crippen LogP contribution >= 0.6 is 11.8 Å². The Morgan fingerprint density at radius 1 is 1.60 bits per heavy atom. The summed E-state index contributed by atoms with van der Waals surface area (Å²) in [5, 5.41) is 4.09. The number of aryl methyl sites for hydroxylation is 1. The first-order valence-electron chi connectivity index (χ1n) is 5.15. The van der Waals surface area contributed by atoms with Gasteiger partial charge < -0.3 is 0 Å². The monoisotopic (exact) mass is 227 g/mol. The summed E-state index contributed by atoms with van der Waals surface area (Å²) in [6, 6.07) is 0. The molecule has 0 N–H and O–H groups in total. The van der Waals surface area contributed by atoms with Gasteiger partial charge in [-0.15, -0.1) is 0 Å². The summed E-state index contributed by atoms with van der Waals surface area (Å²) in [5.74, 6) is 1.93. The van der Waals surface area contributed by atoms with Crippen LogP contribution in [0.2, 0.25) is 0 Å². The molecule has 0 unspecified atom stereocenters. The number of carbonyl (C=O) groups excluding carboxylic acids is 1. The van der Waals surface area contributed by atoms with Crippen LogP contribution in [0.25, 0.3) is 0 Å². The van der Waals surface area contributed by atoms with Crippen molar-refractivity contribution in [2.24, 2.45) is 0 Å². The molecule has 0 radical (unpaired) electrons. The molecule has 0 aliphatic carbocycles. The fraction of sp³-hybridized carbons (Fsp3) is 0.700. The lowest BCUT2D eigenvalue weighted by atomic mass is 10.2. The van der Waals surface area contributed by atoms with E-state index >= 15 is 0 Å². The molecule has 0 spiro atoms. The highest BCUT2D eigenvalue weighted by atomic mass is 32.2. The Kier molecular flexibility index (Phi) is 5.39. The zero-order valence-electron chi connectivity index (χ0n) is 9.27. The number of thioether (sulfide) groups is 1. The van der Waals surface area contributed by atoms with Crippen molar-refractivity contribution >= 4 is 17.5 Å². The molecule has 0 saturated carbocycles. The molecule has 5 heteroatoms. The number of Topliss-reactive ketones (excluding diaryl/α,β-unsaturated/α-hetero) is 1. The third-order valence-corrected chi connectivity index (χ3v) is 2.68. The van der Waals surface area contributed by atoms with Gasteiger partial charge in [-0.05, 0) is 18.4 Å². The molecule has 0 aliphatic heterocycles. The van der Waals surface area contributed by atoms with Crippen LogP contribution in [0.1, 0.15) is 25.6 Å². The Labute approximate surface area is 94.5 Å². The highest BCUT2D eigenvalue weighted by Crippen LogP contribution is 2.02. The van der Waals surface area contributed by atoms with E-state index in [1.165, 1.54) is 6.33 Å². The van der Waals surface area contributed by atoms with E-state index in [-0.39, 0.29) is 5.78 Å². The minimum atomic E-state index is 0.245. The summed E-state index contributed by atoms with van der Waals surface area (Å²) in [7, 11) is 0. The molecule has 0 bridgehead atoms. The maximum absolute atomic E-state index is 11.5. The lowest BCUT2D eigenvalue weighted by Gasteiger charge is -2.03. The molecule has 0 amide bonds. The Balaban J connectivity index is 2.48. The zero-order valence-corrected chi connectivity index (χ0v) is 10.1. The number of rotatable bonds is 7. The molecule has 84 valence electrons. The van der Waals surface area contributed by atoms with Crippen molar-refractivity contribution in [3.05, 3.63) is 12.2 Å². The summed E-state index contributed by atoms with van der Waals surface area (Å²) in [4.78, 5) is 15.6. The quantitative estimate of drug-likeness (QED) is 0.709. The smallest absolute Gasteiger partial charge is 0.141 e. The molecule has 0 aliphatic rings. The van der Waals surface area contributed by atoms with E-state index < -0.39 is 0 Å². The van der Waals surface area contributed by atoms with Crippen molar-refractivity contribution in [3.8, 4) is 0 Å². The van der Waals surface area contributed by atoms with Crippen molar-refractivity contribution in [2.75, 3.05) is 12.0 Å². The Hall–Kier alpha value is -0.840. The Bertz CT molecular complexity index is 311. The van der Waals surface area contributed by atoms with E-state index in [0.29, 0.717) is 12.8 Å². The number of hydrogen-bond acceptors (Lipinski definition) is 4. The molecule has 1 rings (SSSR count). The maximum Gasteiger partial charge on any atom is 0.141 e. The van der Waals surface area contributed by atoms with Gasteiger partial charge in [0.15, 0.2) is 0 Å². The third kappa shape index (κ3) is 4.03. The maximum atomic E-state index is 11.5. The molecular weight excluding hydrogens is 210 g/mol. The minimum absolute atomic E-state index is 0.245. The van der Waals surface area contributed by atoms with Crippen molar-refractivity contribution in [1.82, 2.24) is 14.8 Å². The van der Waals surface area contributed by atoms with E-state index in [0.717, 1.165) is 24.5 Å². The molecule has 0 fully saturated rings. The average Bonchev–Trinajstić information content (AvgIpc) is 2.63. The number of aromatic nitrogens is 3. The van der Waals surface area contributed by atoms with Gasteiger partial charge >= 0.3 is 0 Å². The fourth-order valence-corrected chi connectivity index (χ4v) is 1.74. The van der Waals surface area contributed by atoms with Crippen LogP contribution in [0.5, 0.6) is 0 Å². The van der Waals surface area contributed by atoms with E-state index in [2.05, 4.69) is 17.0 Å². The van der Waals surface area contributed by atoms with Gasteiger partial charge in [-0.1, -0.05) is 6.92 Å². The molecule has 4 nitrogen and oxygen atoms in total. The van der Waals surface area contributed by atoms with Crippen LogP contribution in [0.15, 0.2) is 6.33 Å². The van der Waals surface area contributed by atoms with Gasteiger partial charge in [-0.3, -0.25) is 4.79 Å². The van der Waals surface area contributed by atoms with Crippen molar-refractivity contribution in [2.45, 2.75) is 32.7 Å².